The van der Waals surface area contributed by atoms with Gasteiger partial charge in [-0.1, -0.05) is 31.5 Å². The number of likely N-dealkylation sites (tertiary alicyclic amines) is 1. The molecule has 2 amide bonds. The number of carbonyl (C=O) groups is 1. The summed E-state index contributed by atoms with van der Waals surface area (Å²) < 4.78 is 31.1. The zero-order valence-corrected chi connectivity index (χ0v) is 25.6. The number of nitrogens with one attached hydrogen (secondary N) is 2. The number of benzene rings is 3. The summed E-state index contributed by atoms with van der Waals surface area (Å²) in [5, 5.41) is 3.30. The van der Waals surface area contributed by atoms with Crippen LogP contribution in [0.15, 0.2) is 77.7 Å². The van der Waals surface area contributed by atoms with Crippen LogP contribution in [0.3, 0.4) is 0 Å². The Morgan fingerprint density at radius 1 is 1.02 bits per heavy atom. The second kappa shape index (κ2) is 14.6. The molecule has 10 heteroatoms. The Hall–Kier alpha value is -3.21. The summed E-state index contributed by atoms with van der Waals surface area (Å²) in [5.41, 5.74) is 2.65. The van der Waals surface area contributed by atoms with Crippen molar-refractivity contribution in [3.63, 3.8) is 0 Å². The smallest absolute Gasteiger partial charge is 0.322 e. The van der Waals surface area contributed by atoms with Gasteiger partial charge in [0.2, 0.25) is 10.0 Å². The minimum absolute atomic E-state index is 0.00737. The number of amides is 2. The molecule has 1 aliphatic heterocycles. The van der Waals surface area contributed by atoms with E-state index in [-0.39, 0.29) is 12.1 Å². The Morgan fingerprint density at radius 2 is 1.68 bits per heavy atom. The van der Waals surface area contributed by atoms with Gasteiger partial charge in [-0.3, -0.25) is 14.5 Å². The van der Waals surface area contributed by atoms with Crippen molar-refractivity contribution in [2.24, 2.45) is 0 Å². The first-order valence-corrected chi connectivity index (χ1v) is 17.1. The molecule has 2 N–H and O–H groups in total. The molecule has 0 radical (unpaired) electrons. The molecule has 0 aliphatic carbocycles. The van der Waals surface area contributed by atoms with Crippen molar-refractivity contribution < 1.29 is 17.9 Å². The third-order valence-electron chi connectivity index (χ3n) is 6.98. The lowest BCUT2D eigenvalue weighted by molar-refractivity contribution is 0.188. The van der Waals surface area contributed by atoms with Gasteiger partial charge < -0.3 is 10.1 Å². The second-order valence-corrected chi connectivity index (χ2v) is 13.0. The fourth-order valence-corrected chi connectivity index (χ4v) is 5.81. The van der Waals surface area contributed by atoms with Crippen LogP contribution in [0.5, 0.6) is 11.5 Å². The third kappa shape index (κ3) is 9.69. The van der Waals surface area contributed by atoms with Crippen LogP contribution in [-0.4, -0.2) is 57.5 Å². The van der Waals surface area contributed by atoms with E-state index < -0.39 is 10.0 Å². The highest BCUT2D eigenvalue weighted by Crippen LogP contribution is 2.25. The first-order valence-electron chi connectivity index (χ1n) is 14.0. The molecule has 3 aromatic carbocycles. The van der Waals surface area contributed by atoms with Gasteiger partial charge in [0.25, 0.3) is 0 Å². The zero-order valence-electron chi connectivity index (χ0n) is 24.0. The summed E-state index contributed by atoms with van der Waals surface area (Å²) in [7, 11) is -3.31. The summed E-state index contributed by atoms with van der Waals surface area (Å²) >= 11 is 1.69. The first-order chi connectivity index (χ1) is 19.7. The number of unbranched alkanes of at least 4 members (excludes halogenated alkanes) is 1. The number of nitrogens with zero attached hydrogens (tertiary/aromatic N) is 2. The Balaban J connectivity index is 1.25. The van der Waals surface area contributed by atoms with Gasteiger partial charge in [0.1, 0.15) is 11.5 Å². The van der Waals surface area contributed by atoms with Crippen molar-refractivity contribution in [2.75, 3.05) is 41.8 Å². The van der Waals surface area contributed by atoms with Gasteiger partial charge in [0, 0.05) is 48.5 Å². The molecule has 1 aliphatic rings. The van der Waals surface area contributed by atoms with Crippen LogP contribution >= 0.6 is 11.8 Å². The van der Waals surface area contributed by atoms with Crippen molar-refractivity contribution in [3.8, 4) is 11.5 Å². The number of piperidine rings is 1. The van der Waals surface area contributed by atoms with Gasteiger partial charge in [-0.05, 0) is 85.7 Å². The molecule has 41 heavy (non-hydrogen) atoms. The molecule has 1 fully saturated rings. The Labute approximate surface area is 248 Å². The average molecular weight is 597 g/mol. The fraction of sp³-hybridized carbons (Fsp3) is 0.387. The third-order valence-corrected chi connectivity index (χ3v) is 8.32. The predicted octanol–water partition coefficient (Wildman–Crippen LogP) is 6.55. The number of rotatable bonds is 12. The van der Waals surface area contributed by atoms with Crippen LogP contribution in [0.2, 0.25) is 0 Å². The van der Waals surface area contributed by atoms with Gasteiger partial charge >= 0.3 is 6.03 Å². The van der Waals surface area contributed by atoms with Gasteiger partial charge in [-0.2, -0.15) is 0 Å². The monoisotopic (exact) mass is 596 g/mol. The zero-order chi connectivity index (χ0) is 29.2. The highest BCUT2D eigenvalue weighted by Gasteiger charge is 2.24. The molecule has 4 rings (SSSR count). The molecule has 3 aromatic rings. The predicted molar refractivity (Wildman–Crippen MR) is 169 cm³/mol. The highest BCUT2D eigenvalue weighted by molar-refractivity contribution is 7.98. The van der Waals surface area contributed by atoms with Crippen molar-refractivity contribution in [3.05, 3.63) is 78.4 Å². The topological polar surface area (TPSA) is 91.0 Å². The quantitative estimate of drug-likeness (QED) is 0.230. The Morgan fingerprint density at radius 3 is 2.29 bits per heavy atom. The SMILES string of the molecule is CCCCN(C(=O)NC1CCN(Cc2ccc(Oc3ccc(NS(C)(=O)=O)cc3)cc2)CC1)c1cccc(SC)c1. The molecule has 1 saturated heterocycles. The maximum atomic E-state index is 13.3. The van der Waals surface area contributed by atoms with E-state index in [9.17, 15) is 13.2 Å². The maximum absolute atomic E-state index is 13.3. The van der Waals surface area contributed by atoms with E-state index >= 15 is 0 Å². The van der Waals surface area contributed by atoms with Gasteiger partial charge in [0.15, 0.2) is 0 Å². The Bertz CT molecular complexity index is 1370. The van der Waals surface area contributed by atoms with Crippen LogP contribution in [-0.2, 0) is 16.6 Å². The minimum Gasteiger partial charge on any atom is -0.457 e. The van der Waals surface area contributed by atoms with Crippen molar-refractivity contribution in [1.29, 1.82) is 0 Å². The van der Waals surface area contributed by atoms with E-state index in [0.29, 0.717) is 18.0 Å². The van der Waals surface area contributed by atoms with Gasteiger partial charge in [-0.25, -0.2) is 13.2 Å². The number of thioether (sulfide) groups is 1. The van der Waals surface area contributed by atoms with Crippen LogP contribution in [0.4, 0.5) is 16.2 Å². The van der Waals surface area contributed by atoms with Crippen LogP contribution < -0.4 is 19.7 Å². The van der Waals surface area contributed by atoms with Crippen LogP contribution in [0.1, 0.15) is 38.2 Å². The summed E-state index contributed by atoms with van der Waals surface area (Å²) in [6.45, 7) is 5.55. The van der Waals surface area contributed by atoms with Crippen molar-refractivity contribution >= 4 is 39.2 Å². The Kier molecular flexibility index (Phi) is 11.0. The second-order valence-electron chi connectivity index (χ2n) is 10.4. The number of hydrogen-bond donors (Lipinski definition) is 2. The molecule has 1 heterocycles. The maximum Gasteiger partial charge on any atom is 0.322 e. The fourth-order valence-electron chi connectivity index (χ4n) is 4.79. The van der Waals surface area contributed by atoms with E-state index in [1.54, 1.807) is 36.0 Å². The van der Waals surface area contributed by atoms with E-state index in [4.69, 9.17) is 4.74 Å². The highest BCUT2D eigenvalue weighted by atomic mass is 32.2. The largest absolute Gasteiger partial charge is 0.457 e. The number of urea groups is 1. The molecule has 0 unspecified atom stereocenters. The molecule has 0 bridgehead atoms. The van der Waals surface area contributed by atoms with E-state index in [1.165, 1.54) is 5.56 Å². The molecule has 8 nitrogen and oxygen atoms in total. The lowest BCUT2D eigenvalue weighted by atomic mass is 10.0. The molecule has 0 aromatic heterocycles. The summed E-state index contributed by atoms with van der Waals surface area (Å²) in [4.78, 5) is 18.7. The standard InChI is InChI=1S/C31H40N4O4S2/c1-4-5-19-35(27-7-6-8-30(22-27)40-2)31(36)32-25-17-20-34(21-18-25)23-24-9-13-28(14-10-24)39-29-15-11-26(12-16-29)33-41(3,37)38/h6-16,22,25,33H,4-5,17-21,23H2,1-3H3,(H,32,36). The number of carbonyl (C=O) groups excluding carboxylic acids is 1. The molecule has 0 spiro atoms. The van der Waals surface area contributed by atoms with E-state index in [1.807, 2.05) is 29.2 Å². The molecule has 220 valence electrons. The van der Waals surface area contributed by atoms with Gasteiger partial charge in [-0.15, -0.1) is 11.8 Å². The van der Waals surface area contributed by atoms with Crippen LogP contribution in [0.25, 0.3) is 0 Å². The summed E-state index contributed by atoms with van der Waals surface area (Å²) in [6, 6.07) is 23.2. The van der Waals surface area contributed by atoms with Gasteiger partial charge in [0.05, 0.1) is 6.26 Å². The van der Waals surface area contributed by atoms with E-state index in [2.05, 4.69) is 52.4 Å². The molecular formula is C31H40N4O4S2. The average Bonchev–Trinajstić information content (AvgIpc) is 2.96. The normalized spacial score (nSPS) is 14.4. The molecule has 0 saturated carbocycles. The van der Waals surface area contributed by atoms with E-state index in [0.717, 1.165) is 67.9 Å². The molecular weight excluding hydrogens is 556 g/mol. The first kappa shape index (κ1) is 30.7. The molecule has 0 atom stereocenters. The summed E-state index contributed by atoms with van der Waals surface area (Å²) in [6.07, 6.45) is 7.02. The van der Waals surface area contributed by atoms with Crippen molar-refractivity contribution in [2.45, 2.75) is 50.1 Å². The number of anilines is 2. The number of sulfonamides is 1. The number of ether oxygens (including phenoxy) is 1. The number of hydrogen-bond acceptors (Lipinski definition) is 6. The van der Waals surface area contributed by atoms with Crippen molar-refractivity contribution in [1.82, 2.24) is 10.2 Å². The lowest BCUT2D eigenvalue weighted by Gasteiger charge is -2.34. The van der Waals surface area contributed by atoms with Crippen LogP contribution in [0, 0.1) is 0 Å². The minimum atomic E-state index is -3.31. The summed E-state index contributed by atoms with van der Waals surface area (Å²) in [5.74, 6) is 1.35. The lowest BCUT2D eigenvalue weighted by Crippen LogP contribution is -2.49.